The molecule has 0 saturated carbocycles. The SMILES string of the molecule is CC(CC(=O)NCc1cccs1)S(=O)(=O)c1ccc2c(c1)NC(=O)CCS2. The number of amides is 2. The van der Waals surface area contributed by atoms with Gasteiger partial charge in [-0.1, -0.05) is 6.07 Å². The molecule has 2 amide bonds. The lowest BCUT2D eigenvalue weighted by Crippen LogP contribution is -2.29. The van der Waals surface area contributed by atoms with Gasteiger partial charge >= 0.3 is 0 Å². The van der Waals surface area contributed by atoms with Crippen molar-refractivity contribution in [1.29, 1.82) is 0 Å². The Morgan fingerprint density at radius 3 is 2.89 bits per heavy atom. The van der Waals surface area contributed by atoms with Gasteiger partial charge in [0.15, 0.2) is 9.84 Å². The van der Waals surface area contributed by atoms with Crippen LogP contribution in [0.1, 0.15) is 24.6 Å². The van der Waals surface area contributed by atoms with E-state index in [2.05, 4.69) is 10.6 Å². The third kappa shape index (κ3) is 4.91. The molecule has 0 radical (unpaired) electrons. The first-order chi connectivity index (χ1) is 12.9. The Morgan fingerprint density at radius 1 is 1.33 bits per heavy atom. The van der Waals surface area contributed by atoms with Crippen molar-refractivity contribution < 1.29 is 18.0 Å². The molecule has 1 unspecified atom stereocenters. The zero-order valence-electron chi connectivity index (χ0n) is 14.7. The highest BCUT2D eigenvalue weighted by Crippen LogP contribution is 2.33. The predicted octanol–water partition coefficient (Wildman–Crippen LogP) is 3.05. The van der Waals surface area contributed by atoms with Crippen LogP contribution >= 0.6 is 23.1 Å². The van der Waals surface area contributed by atoms with Gasteiger partial charge in [0.2, 0.25) is 11.8 Å². The summed E-state index contributed by atoms with van der Waals surface area (Å²) in [7, 11) is -3.69. The van der Waals surface area contributed by atoms with Crippen LogP contribution in [0.25, 0.3) is 0 Å². The highest BCUT2D eigenvalue weighted by molar-refractivity contribution is 7.99. The molecule has 9 heteroatoms. The maximum Gasteiger partial charge on any atom is 0.225 e. The predicted molar refractivity (Wildman–Crippen MR) is 108 cm³/mol. The number of fused-ring (bicyclic) bond motifs is 1. The van der Waals surface area contributed by atoms with Crippen LogP contribution in [-0.4, -0.2) is 31.2 Å². The molecule has 0 bridgehead atoms. The molecule has 2 aromatic rings. The summed E-state index contributed by atoms with van der Waals surface area (Å²) in [6.45, 7) is 1.92. The van der Waals surface area contributed by atoms with Gasteiger partial charge in [-0.15, -0.1) is 23.1 Å². The maximum absolute atomic E-state index is 12.9. The van der Waals surface area contributed by atoms with E-state index >= 15 is 0 Å². The minimum Gasteiger partial charge on any atom is -0.351 e. The first-order valence-corrected chi connectivity index (χ1v) is 11.9. The normalized spacial score (nSPS) is 15.4. The van der Waals surface area contributed by atoms with Gasteiger partial charge in [-0.05, 0) is 36.6 Å². The van der Waals surface area contributed by atoms with Gasteiger partial charge in [0, 0.05) is 28.4 Å². The summed E-state index contributed by atoms with van der Waals surface area (Å²) in [5, 5.41) is 6.55. The topological polar surface area (TPSA) is 92.3 Å². The fourth-order valence-corrected chi connectivity index (χ4v) is 5.61. The molecule has 0 spiro atoms. The fourth-order valence-electron chi connectivity index (χ4n) is 2.65. The lowest BCUT2D eigenvalue weighted by atomic mass is 10.3. The second-order valence-electron chi connectivity index (χ2n) is 6.22. The van der Waals surface area contributed by atoms with Crippen LogP contribution in [0.15, 0.2) is 45.5 Å². The summed E-state index contributed by atoms with van der Waals surface area (Å²) >= 11 is 3.05. The molecule has 1 aliphatic rings. The highest BCUT2D eigenvalue weighted by Gasteiger charge is 2.27. The van der Waals surface area contributed by atoms with Crippen LogP contribution in [0.4, 0.5) is 5.69 Å². The van der Waals surface area contributed by atoms with Crippen molar-refractivity contribution in [3.8, 4) is 0 Å². The average Bonchev–Trinajstić information content (AvgIpc) is 3.07. The summed E-state index contributed by atoms with van der Waals surface area (Å²) in [6, 6.07) is 8.55. The molecule has 6 nitrogen and oxygen atoms in total. The van der Waals surface area contributed by atoms with Gasteiger partial charge in [0.1, 0.15) is 0 Å². The Balaban J connectivity index is 1.69. The summed E-state index contributed by atoms with van der Waals surface area (Å²) in [6.07, 6.45) is 0.272. The maximum atomic E-state index is 12.9. The highest BCUT2D eigenvalue weighted by atomic mass is 32.2. The largest absolute Gasteiger partial charge is 0.351 e. The Kier molecular flexibility index (Phi) is 6.23. The first kappa shape index (κ1) is 19.9. The second kappa shape index (κ2) is 8.45. The van der Waals surface area contributed by atoms with Gasteiger partial charge in [0.05, 0.1) is 22.4 Å². The second-order valence-corrected chi connectivity index (χ2v) is 10.8. The standard InChI is InChI=1S/C18H20N2O4S3/c1-12(9-18(22)19-11-13-3-2-7-25-13)27(23,24)14-4-5-16-15(10-14)20-17(21)6-8-26-16/h2-5,7,10,12H,6,8-9,11H2,1H3,(H,19,22)(H,20,21). The van der Waals surface area contributed by atoms with Crippen LogP contribution in [-0.2, 0) is 26.0 Å². The zero-order valence-corrected chi connectivity index (χ0v) is 17.2. The monoisotopic (exact) mass is 424 g/mol. The third-order valence-corrected chi connectivity index (χ3v) is 8.27. The van der Waals surface area contributed by atoms with Crippen molar-refractivity contribution >= 4 is 50.4 Å². The quantitative estimate of drug-likeness (QED) is 0.744. The van der Waals surface area contributed by atoms with Crippen LogP contribution in [0, 0.1) is 0 Å². The summed E-state index contributed by atoms with van der Waals surface area (Å²) in [4.78, 5) is 25.8. The van der Waals surface area contributed by atoms with E-state index in [9.17, 15) is 18.0 Å². The van der Waals surface area contributed by atoms with Crippen molar-refractivity contribution in [2.24, 2.45) is 0 Å². The smallest absolute Gasteiger partial charge is 0.225 e. The lowest BCUT2D eigenvalue weighted by molar-refractivity contribution is -0.121. The van der Waals surface area contributed by atoms with Gasteiger partial charge < -0.3 is 10.6 Å². The number of hydrogen-bond donors (Lipinski definition) is 2. The number of thioether (sulfide) groups is 1. The molecule has 144 valence electrons. The summed E-state index contributed by atoms with van der Waals surface area (Å²) < 4.78 is 25.7. The molecular weight excluding hydrogens is 404 g/mol. The molecule has 2 N–H and O–H groups in total. The van der Waals surface area contributed by atoms with Gasteiger partial charge in [-0.2, -0.15) is 0 Å². The van der Waals surface area contributed by atoms with Gasteiger partial charge in [-0.3, -0.25) is 9.59 Å². The number of carbonyl (C=O) groups is 2. The van der Waals surface area contributed by atoms with Gasteiger partial charge in [0.25, 0.3) is 0 Å². The number of nitrogens with one attached hydrogen (secondary N) is 2. The lowest BCUT2D eigenvalue weighted by Gasteiger charge is -2.15. The van der Waals surface area contributed by atoms with E-state index in [1.807, 2.05) is 17.5 Å². The van der Waals surface area contributed by atoms with E-state index in [1.165, 1.54) is 36.1 Å². The summed E-state index contributed by atoms with van der Waals surface area (Å²) in [5.74, 6) is 0.223. The van der Waals surface area contributed by atoms with Crippen LogP contribution in [0.5, 0.6) is 0 Å². The van der Waals surface area contributed by atoms with Crippen molar-refractivity contribution in [1.82, 2.24) is 5.32 Å². The van der Waals surface area contributed by atoms with E-state index in [-0.39, 0.29) is 23.1 Å². The molecule has 1 aromatic carbocycles. The molecule has 0 saturated heterocycles. The van der Waals surface area contributed by atoms with E-state index in [0.717, 1.165) is 9.77 Å². The number of sulfone groups is 1. The molecule has 0 aliphatic carbocycles. The van der Waals surface area contributed by atoms with E-state index in [1.54, 1.807) is 12.1 Å². The molecule has 1 aromatic heterocycles. The number of thiophene rings is 1. The summed E-state index contributed by atoms with van der Waals surface area (Å²) in [5.41, 5.74) is 0.512. The Morgan fingerprint density at radius 2 is 2.15 bits per heavy atom. The Hall–Kier alpha value is -1.84. The van der Waals surface area contributed by atoms with Crippen LogP contribution in [0.3, 0.4) is 0 Å². The van der Waals surface area contributed by atoms with Crippen LogP contribution in [0.2, 0.25) is 0 Å². The number of hydrogen-bond acceptors (Lipinski definition) is 6. The number of anilines is 1. The fraction of sp³-hybridized carbons (Fsp3) is 0.333. The molecule has 1 aliphatic heterocycles. The van der Waals surface area contributed by atoms with Crippen molar-refractivity contribution in [3.05, 3.63) is 40.6 Å². The zero-order chi connectivity index (χ0) is 19.4. The number of carbonyl (C=O) groups excluding carboxylic acids is 2. The molecule has 27 heavy (non-hydrogen) atoms. The Labute approximate surface area is 166 Å². The molecular formula is C18H20N2O4S3. The van der Waals surface area contributed by atoms with E-state index < -0.39 is 15.1 Å². The molecule has 3 rings (SSSR count). The molecule has 1 atom stereocenters. The van der Waals surface area contributed by atoms with Crippen molar-refractivity contribution in [3.63, 3.8) is 0 Å². The van der Waals surface area contributed by atoms with Gasteiger partial charge in [-0.25, -0.2) is 8.42 Å². The minimum atomic E-state index is -3.69. The average molecular weight is 425 g/mol. The van der Waals surface area contributed by atoms with E-state index in [4.69, 9.17) is 0 Å². The van der Waals surface area contributed by atoms with Crippen molar-refractivity contribution in [2.45, 2.75) is 41.4 Å². The number of benzene rings is 1. The third-order valence-electron chi connectivity index (χ3n) is 4.18. The number of rotatable bonds is 6. The van der Waals surface area contributed by atoms with E-state index in [0.29, 0.717) is 24.4 Å². The molecule has 2 heterocycles. The van der Waals surface area contributed by atoms with Crippen LogP contribution < -0.4 is 10.6 Å². The first-order valence-electron chi connectivity index (χ1n) is 8.46. The minimum absolute atomic E-state index is 0.114. The van der Waals surface area contributed by atoms with Crippen molar-refractivity contribution in [2.75, 3.05) is 11.1 Å². The Bertz CT molecular complexity index is 940. The molecule has 0 fully saturated rings.